The number of anilines is 1. The Morgan fingerprint density at radius 3 is 2.64 bits per heavy atom. The molecule has 0 atom stereocenters. The molecule has 2 aromatic carbocycles. The van der Waals surface area contributed by atoms with Crippen molar-refractivity contribution in [3.05, 3.63) is 58.6 Å². The summed E-state index contributed by atoms with van der Waals surface area (Å²) in [5.41, 5.74) is 6.97. The third-order valence-corrected chi connectivity index (χ3v) is 3.37. The molecule has 6 heteroatoms. The van der Waals surface area contributed by atoms with E-state index in [1.165, 1.54) is 6.07 Å². The minimum atomic E-state index is -0.610. The molecule has 0 aliphatic carbocycles. The van der Waals surface area contributed by atoms with Gasteiger partial charge in [-0.3, -0.25) is 9.59 Å². The van der Waals surface area contributed by atoms with Gasteiger partial charge in [0.25, 0.3) is 11.8 Å². The van der Waals surface area contributed by atoms with Crippen molar-refractivity contribution < 1.29 is 14.3 Å². The number of nitrogens with two attached hydrogens (primary N) is 1. The SMILES string of the molecule is Cc1ccc(NC(=O)COc2ccccc2C(N)=O)cc1Cl. The van der Waals surface area contributed by atoms with E-state index in [0.29, 0.717) is 10.7 Å². The van der Waals surface area contributed by atoms with Gasteiger partial charge in [-0.05, 0) is 36.8 Å². The molecule has 0 radical (unpaired) electrons. The number of primary amides is 1. The number of ether oxygens (including phenoxy) is 1. The number of benzene rings is 2. The normalized spacial score (nSPS) is 10.1. The Balaban J connectivity index is 1.98. The first-order valence-corrected chi connectivity index (χ1v) is 6.93. The number of carbonyl (C=O) groups excluding carboxylic acids is 2. The van der Waals surface area contributed by atoms with Gasteiger partial charge in [0.05, 0.1) is 5.56 Å². The zero-order chi connectivity index (χ0) is 16.1. The molecule has 0 aliphatic rings. The van der Waals surface area contributed by atoms with Crippen molar-refractivity contribution in [2.24, 2.45) is 5.73 Å². The van der Waals surface area contributed by atoms with Gasteiger partial charge in [-0.2, -0.15) is 0 Å². The highest BCUT2D eigenvalue weighted by Gasteiger charge is 2.10. The minimum absolute atomic E-state index is 0.230. The smallest absolute Gasteiger partial charge is 0.262 e. The number of nitrogens with one attached hydrogen (secondary N) is 1. The Morgan fingerprint density at radius 1 is 1.23 bits per heavy atom. The van der Waals surface area contributed by atoms with Crippen LogP contribution in [0.15, 0.2) is 42.5 Å². The van der Waals surface area contributed by atoms with E-state index < -0.39 is 5.91 Å². The molecule has 2 rings (SSSR count). The molecular formula is C16H15ClN2O3. The molecular weight excluding hydrogens is 304 g/mol. The summed E-state index contributed by atoms with van der Waals surface area (Å²) in [5.74, 6) is -0.701. The quantitative estimate of drug-likeness (QED) is 0.889. The van der Waals surface area contributed by atoms with Crippen molar-refractivity contribution in [1.29, 1.82) is 0 Å². The molecule has 0 aliphatic heterocycles. The van der Waals surface area contributed by atoms with Gasteiger partial charge in [0.15, 0.2) is 6.61 Å². The number of halogens is 1. The van der Waals surface area contributed by atoms with Crippen LogP contribution in [0, 0.1) is 6.92 Å². The van der Waals surface area contributed by atoms with Crippen LogP contribution in [0.25, 0.3) is 0 Å². The molecule has 22 heavy (non-hydrogen) atoms. The topological polar surface area (TPSA) is 81.4 Å². The van der Waals surface area contributed by atoms with Crippen molar-refractivity contribution in [1.82, 2.24) is 0 Å². The molecule has 0 aromatic heterocycles. The minimum Gasteiger partial charge on any atom is -0.483 e. The lowest BCUT2D eigenvalue weighted by Crippen LogP contribution is -2.21. The maximum absolute atomic E-state index is 11.9. The van der Waals surface area contributed by atoms with Crippen molar-refractivity contribution in [3.8, 4) is 5.75 Å². The molecule has 3 N–H and O–H groups in total. The summed E-state index contributed by atoms with van der Waals surface area (Å²) >= 11 is 5.99. The van der Waals surface area contributed by atoms with E-state index in [2.05, 4.69) is 5.32 Å². The second kappa shape index (κ2) is 6.95. The highest BCUT2D eigenvalue weighted by molar-refractivity contribution is 6.31. The predicted molar refractivity (Wildman–Crippen MR) is 85.3 cm³/mol. The Hall–Kier alpha value is -2.53. The third-order valence-electron chi connectivity index (χ3n) is 2.97. The van der Waals surface area contributed by atoms with Crippen molar-refractivity contribution in [2.75, 3.05) is 11.9 Å². The maximum Gasteiger partial charge on any atom is 0.262 e. The van der Waals surface area contributed by atoms with Gasteiger partial charge in [0.2, 0.25) is 0 Å². The van der Waals surface area contributed by atoms with E-state index in [9.17, 15) is 9.59 Å². The summed E-state index contributed by atoms with van der Waals surface area (Å²) in [7, 11) is 0. The summed E-state index contributed by atoms with van der Waals surface area (Å²) in [6, 6.07) is 11.7. The molecule has 0 spiro atoms. The maximum atomic E-state index is 11.9. The molecule has 0 saturated heterocycles. The zero-order valence-electron chi connectivity index (χ0n) is 11.9. The average Bonchev–Trinajstić information content (AvgIpc) is 2.49. The van der Waals surface area contributed by atoms with Crippen LogP contribution in [0.4, 0.5) is 5.69 Å². The molecule has 114 valence electrons. The summed E-state index contributed by atoms with van der Waals surface area (Å²) in [4.78, 5) is 23.1. The second-order valence-electron chi connectivity index (χ2n) is 4.66. The highest BCUT2D eigenvalue weighted by Crippen LogP contribution is 2.20. The zero-order valence-corrected chi connectivity index (χ0v) is 12.7. The van der Waals surface area contributed by atoms with E-state index in [4.69, 9.17) is 22.1 Å². The van der Waals surface area contributed by atoms with Gasteiger partial charge >= 0.3 is 0 Å². The standard InChI is InChI=1S/C16H15ClN2O3/c1-10-6-7-11(8-13(10)17)19-15(20)9-22-14-5-3-2-4-12(14)16(18)21/h2-8H,9H2,1H3,(H2,18,21)(H,19,20). The van der Waals surface area contributed by atoms with Gasteiger partial charge in [0, 0.05) is 10.7 Å². The summed E-state index contributed by atoms with van der Waals surface area (Å²) in [6.45, 7) is 1.63. The number of rotatable bonds is 5. The second-order valence-corrected chi connectivity index (χ2v) is 5.07. The van der Waals surface area contributed by atoms with E-state index in [1.807, 2.05) is 6.92 Å². The number of hydrogen-bond donors (Lipinski definition) is 2. The number of carbonyl (C=O) groups is 2. The summed E-state index contributed by atoms with van der Waals surface area (Å²) < 4.78 is 5.34. The van der Waals surface area contributed by atoms with Crippen LogP contribution in [0.3, 0.4) is 0 Å². The Kier molecular flexibility index (Phi) is 5.01. The van der Waals surface area contributed by atoms with Crippen LogP contribution in [0.5, 0.6) is 5.75 Å². The van der Waals surface area contributed by atoms with Crippen LogP contribution in [-0.4, -0.2) is 18.4 Å². The predicted octanol–water partition coefficient (Wildman–Crippen LogP) is 2.76. The summed E-state index contributed by atoms with van der Waals surface area (Å²) in [5, 5.41) is 3.23. The molecule has 2 aromatic rings. The lowest BCUT2D eigenvalue weighted by atomic mass is 10.2. The number of hydrogen-bond acceptors (Lipinski definition) is 3. The first kappa shape index (κ1) is 15.9. The van der Waals surface area contributed by atoms with Crippen LogP contribution in [-0.2, 0) is 4.79 Å². The van der Waals surface area contributed by atoms with E-state index in [1.54, 1.807) is 36.4 Å². The highest BCUT2D eigenvalue weighted by atomic mass is 35.5. The Morgan fingerprint density at radius 2 is 1.95 bits per heavy atom. The molecule has 5 nitrogen and oxygen atoms in total. The lowest BCUT2D eigenvalue weighted by molar-refractivity contribution is -0.118. The van der Waals surface area contributed by atoms with Gasteiger partial charge in [0.1, 0.15) is 5.75 Å². The van der Waals surface area contributed by atoms with E-state index in [-0.39, 0.29) is 23.8 Å². The lowest BCUT2D eigenvalue weighted by Gasteiger charge is -2.10. The molecule has 2 amide bonds. The van der Waals surface area contributed by atoms with E-state index >= 15 is 0 Å². The van der Waals surface area contributed by atoms with Crippen LogP contribution in [0.2, 0.25) is 5.02 Å². The van der Waals surface area contributed by atoms with Gasteiger partial charge < -0.3 is 15.8 Å². The van der Waals surface area contributed by atoms with Crippen molar-refractivity contribution in [2.45, 2.75) is 6.92 Å². The van der Waals surface area contributed by atoms with Gasteiger partial charge in [-0.25, -0.2) is 0 Å². The van der Waals surface area contributed by atoms with Crippen molar-refractivity contribution in [3.63, 3.8) is 0 Å². The number of aryl methyl sites for hydroxylation is 1. The van der Waals surface area contributed by atoms with Crippen LogP contribution in [0.1, 0.15) is 15.9 Å². The van der Waals surface area contributed by atoms with Gasteiger partial charge in [-0.1, -0.05) is 29.8 Å². The fourth-order valence-electron chi connectivity index (χ4n) is 1.81. The molecule has 0 saturated carbocycles. The van der Waals surface area contributed by atoms with Crippen LogP contribution >= 0.6 is 11.6 Å². The number of para-hydroxylation sites is 1. The molecule has 0 heterocycles. The fourth-order valence-corrected chi connectivity index (χ4v) is 1.99. The molecule has 0 bridgehead atoms. The number of amides is 2. The first-order valence-electron chi connectivity index (χ1n) is 6.55. The molecule has 0 unspecified atom stereocenters. The van der Waals surface area contributed by atoms with Gasteiger partial charge in [-0.15, -0.1) is 0 Å². The largest absolute Gasteiger partial charge is 0.483 e. The Bertz CT molecular complexity index is 716. The monoisotopic (exact) mass is 318 g/mol. The van der Waals surface area contributed by atoms with Crippen LogP contribution < -0.4 is 15.8 Å². The third kappa shape index (κ3) is 3.99. The average molecular weight is 319 g/mol. The molecule has 0 fully saturated rings. The first-order chi connectivity index (χ1) is 10.5. The Labute approximate surface area is 133 Å². The van der Waals surface area contributed by atoms with E-state index in [0.717, 1.165) is 5.56 Å². The van der Waals surface area contributed by atoms with Crippen molar-refractivity contribution >= 4 is 29.1 Å². The fraction of sp³-hybridized carbons (Fsp3) is 0.125. The summed E-state index contributed by atoms with van der Waals surface area (Å²) in [6.07, 6.45) is 0.